The van der Waals surface area contributed by atoms with Gasteiger partial charge in [-0.1, -0.05) is 28.9 Å². The number of halogens is 2. The van der Waals surface area contributed by atoms with Crippen LogP contribution in [0.2, 0.25) is 5.02 Å². The zero-order chi connectivity index (χ0) is 15.7. The lowest BCUT2D eigenvalue weighted by atomic mass is 10.1. The van der Waals surface area contributed by atoms with Gasteiger partial charge in [-0.05, 0) is 25.5 Å². The van der Waals surface area contributed by atoms with Crippen molar-refractivity contribution in [3.63, 3.8) is 0 Å². The van der Waals surface area contributed by atoms with E-state index in [1.54, 1.807) is 12.1 Å². The Kier molecular flexibility index (Phi) is 4.08. The fourth-order valence-electron chi connectivity index (χ4n) is 2.66. The van der Waals surface area contributed by atoms with Crippen LogP contribution in [-0.2, 0) is 6.54 Å². The first kappa shape index (κ1) is 14.9. The number of carbonyl (C=O) groups excluding carboxylic acids is 1. The standard InChI is InChI=1S/C14H14ClFN4O2/c15-9-4-1-3-8(11(9)16)7-20-6-2-5-10(20)14-18-13(12(17)21)19-22-14/h1,3-4,10H,2,5-7H2,(H2,17,21). The van der Waals surface area contributed by atoms with Crippen molar-refractivity contribution in [3.8, 4) is 0 Å². The molecule has 0 radical (unpaired) electrons. The van der Waals surface area contributed by atoms with Gasteiger partial charge in [0.2, 0.25) is 5.89 Å². The summed E-state index contributed by atoms with van der Waals surface area (Å²) in [4.78, 5) is 17.1. The number of benzene rings is 1. The van der Waals surface area contributed by atoms with Crippen LogP contribution in [0.1, 0.15) is 41.0 Å². The van der Waals surface area contributed by atoms with Crippen LogP contribution in [-0.4, -0.2) is 27.5 Å². The molecule has 3 rings (SSSR count). The van der Waals surface area contributed by atoms with E-state index >= 15 is 0 Å². The zero-order valence-electron chi connectivity index (χ0n) is 11.6. The van der Waals surface area contributed by atoms with Crippen LogP contribution in [0.15, 0.2) is 22.7 Å². The molecule has 22 heavy (non-hydrogen) atoms. The summed E-state index contributed by atoms with van der Waals surface area (Å²) in [5.74, 6) is -0.969. The van der Waals surface area contributed by atoms with Crippen LogP contribution >= 0.6 is 11.6 Å². The Morgan fingerprint density at radius 3 is 3.09 bits per heavy atom. The third kappa shape index (κ3) is 2.82. The molecule has 1 unspecified atom stereocenters. The van der Waals surface area contributed by atoms with E-state index in [1.165, 1.54) is 6.07 Å². The fourth-order valence-corrected chi connectivity index (χ4v) is 2.85. The predicted octanol–water partition coefficient (Wildman–Crippen LogP) is 2.30. The van der Waals surface area contributed by atoms with Gasteiger partial charge in [0.05, 0.1) is 11.1 Å². The number of primary amides is 1. The molecule has 0 bridgehead atoms. The largest absolute Gasteiger partial charge is 0.363 e. The van der Waals surface area contributed by atoms with Crippen molar-refractivity contribution in [1.82, 2.24) is 15.0 Å². The van der Waals surface area contributed by atoms with Gasteiger partial charge in [0.25, 0.3) is 11.7 Å². The van der Waals surface area contributed by atoms with E-state index in [-0.39, 0.29) is 16.9 Å². The molecule has 1 amide bonds. The van der Waals surface area contributed by atoms with E-state index in [2.05, 4.69) is 10.1 Å². The molecule has 1 aromatic heterocycles. The van der Waals surface area contributed by atoms with Gasteiger partial charge >= 0.3 is 0 Å². The first-order valence-corrected chi connectivity index (χ1v) is 7.24. The molecule has 0 saturated carbocycles. The summed E-state index contributed by atoms with van der Waals surface area (Å²) in [6.45, 7) is 1.15. The number of hydrogen-bond donors (Lipinski definition) is 1. The van der Waals surface area contributed by atoms with Crippen LogP contribution in [0.4, 0.5) is 4.39 Å². The van der Waals surface area contributed by atoms with Crippen LogP contribution in [0.5, 0.6) is 0 Å². The van der Waals surface area contributed by atoms with Crippen molar-refractivity contribution < 1.29 is 13.7 Å². The van der Waals surface area contributed by atoms with Crippen molar-refractivity contribution in [2.75, 3.05) is 6.54 Å². The van der Waals surface area contributed by atoms with Gasteiger partial charge in [0.1, 0.15) is 5.82 Å². The molecule has 2 N–H and O–H groups in total. The highest BCUT2D eigenvalue weighted by molar-refractivity contribution is 6.30. The number of nitrogens with zero attached hydrogens (tertiary/aromatic N) is 3. The zero-order valence-corrected chi connectivity index (χ0v) is 12.4. The molecular weight excluding hydrogens is 311 g/mol. The van der Waals surface area contributed by atoms with E-state index in [4.69, 9.17) is 21.9 Å². The van der Waals surface area contributed by atoms with Gasteiger partial charge in [0.15, 0.2) is 0 Å². The first-order valence-electron chi connectivity index (χ1n) is 6.86. The SMILES string of the molecule is NC(=O)c1noc(C2CCCN2Cc2cccc(Cl)c2F)n1. The Balaban J connectivity index is 1.81. The Morgan fingerprint density at radius 2 is 2.36 bits per heavy atom. The summed E-state index contributed by atoms with van der Waals surface area (Å²) in [5.41, 5.74) is 5.63. The molecule has 1 saturated heterocycles. The maximum atomic E-state index is 14.0. The van der Waals surface area contributed by atoms with Gasteiger partial charge in [-0.3, -0.25) is 9.69 Å². The summed E-state index contributed by atoms with van der Waals surface area (Å²) in [6.07, 6.45) is 1.71. The van der Waals surface area contributed by atoms with Gasteiger partial charge < -0.3 is 10.3 Å². The molecule has 0 spiro atoms. The molecule has 116 valence electrons. The summed E-state index contributed by atoms with van der Waals surface area (Å²) in [5, 5.41) is 3.65. The second-order valence-electron chi connectivity index (χ2n) is 5.16. The lowest BCUT2D eigenvalue weighted by molar-refractivity contribution is 0.0987. The third-order valence-electron chi connectivity index (χ3n) is 3.72. The second-order valence-corrected chi connectivity index (χ2v) is 5.57. The molecule has 2 heterocycles. The number of carbonyl (C=O) groups is 1. The molecule has 0 aliphatic carbocycles. The fraction of sp³-hybridized carbons (Fsp3) is 0.357. The topological polar surface area (TPSA) is 85.2 Å². The van der Waals surface area contributed by atoms with Gasteiger partial charge in [-0.15, -0.1) is 0 Å². The van der Waals surface area contributed by atoms with E-state index in [9.17, 15) is 9.18 Å². The molecule has 2 aromatic rings. The monoisotopic (exact) mass is 324 g/mol. The first-order chi connectivity index (χ1) is 10.6. The van der Waals surface area contributed by atoms with E-state index in [1.807, 2.05) is 4.90 Å². The lowest BCUT2D eigenvalue weighted by Gasteiger charge is -2.21. The second kappa shape index (κ2) is 6.02. The smallest absolute Gasteiger partial charge is 0.290 e. The van der Waals surface area contributed by atoms with E-state index in [0.717, 1.165) is 19.4 Å². The summed E-state index contributed by atoms with van der Waals surface area (Å²) < 4.78 is 19.1. The predicted molar refractivity (Wildman–Crippen MR) is 76.6 cm³/mol. The highest BCUT2D eigenvalue weighted by Crippen LogP contribution is 2.33. The van der Waals surface area contributed by atoms with Gasteiger partial charge in [-0.2, -0.15) is 4.98 Å². The van der Waals surface area contributed by atoms with Gasteiger partial charge in [-0.25, -0.2) is 4.39 Å². The maximum absolute atomic E-state index is 14.0. The number of rotatable bonds is 4. The van der Waals surface area contributed by atoms with Crippen LogP contribution in [0, 0.1) is 5.82 Å². The molecule has 1 aliphatic rings. The summed E-state index contributed by atoms with van der Waals surface area (Å²) in [7, 11) is 0. The molecule has 1 atom stereocenters. The molecule has 8 heteroatoms. The molecule has 1 fully saturated rings. The van der Waals surface area contributed by atoms with Crippen LogP contribution in [0.3, 0.4) is 0 Å². The maximum Gasteiger partial charge on any atom is 0.290 e. The Labute approximate surface area is 131 Å². The Morgan fingerprint density at radius 1 is 1.55 bits per heavy atom. The highest BCUT2D eigenvalue weighted by atomic mass is 35.5. The van der Waals surface area contributed by atoms with Crippen molar-refractivity contribution in [2.24, 2.45) is 5.73 Å². The average Bonchev–Trinajstić information content (AvgIpc) is 3.12. The lowest BCUT2D eigenvalue weighted by Crippen LogP contribution is -2.24. The normalized spacial score (nSPS) is 18.7. The minimum atomic E-state index is -0.736. The summed E-state index contributed by atoms with van der Waals surface area (Å²) in [6, 6.07) is 4.76. The van der Waals surface area contributed by atoms with Crippen molar-refractivity contribution in [1.29, 1.82) is 0 Å². The number of amides is 1. The average molecular weight is 325 g/mol. The number of hydrogen-bond acceptors (Lipinski definition) is 5. The minimum Gasteiger partial charge on any atom is -0.363 e. The Bertz CT molecular complexity index is 706. The number of aromatic nitrogens is 2. The minimum absolute atomic E-state index is 0.0991. The molecular formula is C14H14ClFN4O2. The van der Waals surface area contributed by atoms with Crippen molar-refractivity contribution in [3.05, 3.63) is 46.3 Å². The molecule has 6 nitrogen and oxygen atoms in total. The number of likely N-dealkylation sites (tertiary alicyclic amines) is 1. The van der Waals surface area contributed by atoms with Crippen LogP contribution < -0.4 is 5.73 Å². The van der Waals surface area contributed by atoms with E-state index in [0.29, 0.717) is 18.0 Å². The highest BCUT2D eigenvalue weighted by Gasteiger charge is 2.31. The van der Waals surface area contributed by atoms with Crippen molar-refractivity contribution in [2.45, 2.75) is 25.4 Å². The van der Waals surface area contributed by atoms with Crippen molar-refractivity contribution >= 4 is 17.5 Å². The molecule has 1 aromatic carbocycles. The third-order valence-corrected chi connectivity index (χ3v) is 4.01. The van der Waals surface area contributed by atoms with Crippen LogP contribution in [0.25, 0.3) is 0 Å². The molecule has 1 aliphatic heterocycles. The number of nitrogens with two attached hydrogens (primary N) is 1. The van der Waals surface area contributed by atoms with E-state index < -0.39 is 11.7 Å². The Hall–Kier alpha value is -1.99. The quantitative estimate of drug-likeness (QED) is 0.932. The summed E-state index contributed by atoms with van der Waals surface area (Å²) >= 11 is 5.81. The van der Waals surface area contributed by atoms with Gasteiger partial charge in [0, 0.05) is 12.1 Å².